The van der Waals surface area contributed by atoms with Crippen molar-refractivity contribution in [3.63, 3.8) is 0 Å². The summed E-state index contributed by atoms with van der Waals surface area (Å²) in [6.45, 7) is 4.28. The highest BCUT2D eigenvalue weighted by Crippen LogP contribution is 2.35. The molecular formula is C12H14BrNO3. The Morgan fingerprint density at radius 3 is 2.94 bits per heavy atom. The van der Waals surface area contributed by atoms with Crippen LogP contribution in [0.3, 0.4) is 0 Å². The molecule has 0 saturated carbocycles. The molecule has 92 valence electrons. The lowest BCUT2D eigenvalue weighted by Gasteiger charge is -2.16. The van der Waals surface area contributed by atoms with Gasteiger partial charge in [-0.2, -0.15) is 0 Å². The summed E-state index contributed by atoms with van der Waals surface area (Å²) in [6, 6.07) is 5.64. The van der Waals surface area contributed by atoms with E-state index in [9.17, 15) is 4.79 Å². The molecule has 0 saturated heterocycles. The predicted octanol–water partition coefficient (Wildman–Crippen LogP) is 2.21. The van der Waals surface area contributed by atoms with Gasteiger partial charge in [-0.25, -0.2) is 0 Å². The Kier molecular flexibility index (Phi) is 3.28. The SMILES string of the molecule is CC(C)(Br)C(=O)NCc1cccc2c1OCO2. The molecule has 0 unspecified atom stereocenters. The van der Waals surface area contributed by atoms with Crippen molar-refractivity contribution < 1.29 is 14.3 Å². The molecule has 17 heavy (non-hydrogen) atoms. The lowest BCUT2D eigenvalue weighted by Crippen LogP contribution is -2.37. The Morgan fingerprint density at radius 1 is 1.47 bits per heavy atom. The van der Waals surface area contributed by atoms with Gasteiger partial charge in [0, 0.05) is 12.1 Å². The van der Waals surface area contributed by atoms with E-state index in [1.165, 1.54) is 0 Å². The van der Waals surface area contributed by atoms with Gasteiger partial charge in [-0.3, -0.25) is 4.79 Å². The fraction of sp³-hybridized carbons (Fsp3) is 0.417. The molecule has 1 aliphatic rings. The fourth-order valence-corrected chi connectivity index (χ4v) is 1.66. The third-order valence-corrected chi connectivity index (χ3v) is 2.82. The van der Waals surface area contributed by atoms with Crippen molar-refractivity contribution in [1.82, 2.24) is 5.32 Å². The normalized spacial score (nSPS) is 13.6. The second-order valence-corrected chi connectivity index (χ2v) is 6.29. The first-order chi connectivity index (χ1) is 7.98. The number of carbonyl (C=O) groups is 1. The van der Waals surface area contributed by atoms with Gasteiger partial charge in [0.2, 0.25) is 12.7 Å². The zero-order valence-electron chi connectivity index (χ0n) is 9.75. The number of alkyl halides is 1. The molecule has 0 aromatic heterocycles. The van der Waals surface area contributed by atoms with Crippen molar-refractivity contribution in [1.29, 1.82) is 0 Å². The van der Waals surface area contributed by atoms with Crippen molar-refractivity contribution in [2.45, 2.75) is 24.7 Å². The molecule has 0 fully saturated rings. The first-order valence-electron chi connectivity index (χ1n) is 5.33. The Balaban J connectivity index is 2.06. The van der Waals surface area contributed by atoms with Crippen molar-refractivity contribution in [2.75, 3.05) is 6.79 Å². The topological polar surface area (TPSA) is 47.6 Å². The Labute approximate surface area is 108 Å². The number of ether oxygens (including phenoxy) is 2. The summed E-state index contributed by atoms with van der Waals surface area (Å²) in [5, 5.41) is 2.85. The van der Waals surface area contributed by atoms with Gasteiger partial charge < -0.3 is 14.8 Å². The van der Waals surface area contributed by atoms with E-state index in [-0.39, 0.29) is 12.7 Å². The Morgan fingerprint density at radius 2 is 2.24 bits per heavy atom. The molecule has 1 aromatic carbocycles. The van der Waals surface area contributed by atoms with Gasteiger partial charge in [0.1, 0.15) is 0 Å². The molecule has 2 rings (SSSR count). The monoisotopic (exact) mass is 299 g/mol. The van der Waals surface area contributed by atoms with Gasteiger partial charge in [-0.05, 0) is 19.9 Å². The summed E-state index contributed by atoms with van der Waals surface area (Å²) in [7, 11) is 0. The van der Waals surface area contributed by atoms with Crippen LogP contribution in [0.15, 0.2) is 18.2 Å². The van der Waals surface area contributed by atoms with Gasteiger partial charge in [-0.15, -0.1) is 0 Å². The lowest BCUT2D eigenvalue weighted by molar-refractivity contribution is -0.122. The minimum atomic E-state index is -0.567. The lowest BCUT2D eigenvalue weighted by atomic mass is 10.1. The van der Waals surface area contributed by atoms with Crippen molar-refractivity contribution in [2.24, 2.45) is 0 Å². The van der Waals surface area contributed by atoms with Crippen molar-refractivity contribution >= 4 is 21.8 Å². The third-order valence-electron chi connectivity index (χ3n) is 2.46. The van der Waals surface area contributed by atoms with Crippen LogP contribution in [0.5, 0.6) is 11.5 Å². The molecule has 1 heterocycles. The Bertz CT molecular complexity index is 440. The quantitative estimate of drug-likeness (QED) is 0.871. The van der Waals surface area contributed by atoms with E-state index < -0.39 is 4.32 Å². The maximum atomic E-state index is 11.7. The molecule has 0 spiro atoms. The standard InChI is InChI=1S/C12H14BrNO3/c1-12(2,13)11(15)14-6-8-4-3-5-9-10(8)17-7-16-9/h3-5H,6-7H2,1-2H3,(H,14,15). The van der Waals surface area contributed by atoms with Crippen LogP contribution >= 0.6 is 15.9 Å². The number of carbonyl (C=O) groups excluding carboxylic acids is 1. The summed E-state index contributed by atoms with van der Waals surface area (Å²) in [6.07, 6.45) is 0. The van der Waals surface area contributed by atoms with Gasteiger partial charge in [0.15, 0.2) is 11.5 Å². The smallest absolute Gasteiger partial charge is 0.236 e. The highest BCUT2D eigenvalue weighted by molar-refractivity contribution is 9.10. The van der Waals surface area contributed by atoms with E-state index in [0.717, 1.165) is 17.1 Å². The molecule has 0 atom stereocenters. The molecule has 4 nitrogen and oxygen atoms in total. The van der Waals surface area contributed by atoms with Crippen LogP contribution in [-0.4, -0.2) is 17.0 Å². The van der Waals surface area contributed by atoms with Gasteiger partial charge >= 0.3 is 0 Å². The zero-order chi connectivity index (χ0) is 12.5. The summed E-state index contributed by atoms with van der Waals surface area (Å²) in [4.78, 5) is 11.7. The maximum Gasteiger partial charge on any atom is 0.236 e. The first-order valence-corrected chi connectivity index (χ1v) is 6.12. The van der Waals surface area contributed by atoms with Crippen molar-refractivity contribution in [3.05, 3.63) is 23.8 Å². The highest BCUT2D eigenvalue weighted by atomic mass is 79.9. The number of hydrogen-bond donors (Lipinski definition) is 1. The largest absolute Gasteiger partial charge is 0.454 e. The van der Waals surface area contributed by atoms with E-state index in [1.54, 1.807) is 13.8 Å². The number of amides is 1. The molecule has 0 bridgehead atoms. The second-order valence-electron chi connectivity index (χ2n) is 4.31. The molecule has 1 aromatic rings. The number of rotatable bonds is 3. The number of nitrogens with one attached hydrogen (secondary N) is 1. The molecule has 1 N–H and O–H groups in total. The molecule has 1 aliphatic heterocycles. The van der Waals surface area contributed by atoms with Gasteiger partial charge in [-0.1, -0.05) is 28.1 Å². The van der Waals surface area contributed by atoms with Crippen LogP contribution in [-0.2, 0) is 11.3 Å². The van der Waals surface area contributed by atoms with E-state index in [4.69, 9.17) is 9.47 Å². The summed E-state index contributed by atoms with van der Waals surface area (Å²) >= 11 is 3.31. The molecular weight excluding hydrogens is 286 g/mol. The van der Waals surface area contributed by atoms with Gasteiger partial charge in [0.25, 0.3) is 0 Å². The minimum Gasteiger partial charge on any atom is -0.454 e. The van der Waals surface area contributed by atoms with Crippen LogP contribution in [0, 0.1) is 0 Å². The van der Waals surface area contributed by atoms with Crippen LogP contribution in [0.4, 0.5) is 0 Å². The van der Waals surface area contributed by atoms with E-state index in [1.807, 2.05) is 18.2 Å². The number of halogens is 1. The van der Waals surface area contributed by atoms with E-state index >= 15 is 0 Å². The summed E-state index contributed by atoms with van der Waals surface area (Å²) in [5.74, 6) is 1.39. The molecule has 1 amide bonds. The number of benzene rings is 1. The average Bonchev–Trinajstić information content (AvgIpc) is 2.72. The number of fused-ring (bicyclic) bond motifs is 1. The van der Waals surface area contributed by atoms with Crippen LogP contribution in [0.1, 0.15) is 19.4 Å². The van der Waals surface area contributed by atoms with Gasteiger partial charge in [0.05, 0.1) is 4.32 Å². The number of hydrogen-bond acceptors (Lipinski definition) is 3. The first kappa shape index (κ1) is 12.2. The molecule has 0 aliphatic carbocycles. The Hall–Kier alpha value is -1.23. The molecule has 0 radical (unpaired) electrons. The van der Waals surface area contributed by atoms with Crippen LogP contribution in [0.2, 0.25) is 0 Å². The fourth-order valence-electron chi connectivity index (χ4n) is 1.52. The maximum absolute atomic E-state index is 11.7. The average molecular weight is 300 g/mol. The molecule has 5 heteroatoms. The van der Waals surface area contributed by atoms with E-state index in [2.05, 4.69) is 21.2 Å². The zero-order valence-corrected chi connectivity index (χ0v) is 11.3. The van der Waals surface area contributed by atoms with E-state index in [0.29, 0.717) is 6.54 Å². The predicted molar refractivity (Wildman–Crippen MR) is 67.4 cm³/mol. The van der Waals surface area contributed by atoms with Crippen molar-refractivity contribution in [3.8, 4) is 11.5 Å². The second kappa shape index (κ2) is 4.56. The third kappa shape index (κ3) is 2.72. The number of para-hydroxylation sites is 1. The van der Waals surface area contributed by atoms with Crippen LogP contribution < -0.4 is 14.8 Å². The minimum absolute atomic E-state index is 0.0611. The highest BCUT2D eigenvalue weighted by Gasteiger charge is 2.24. The summed E-state index contributed by atoms with van der Waals surface area (Å²) in [5.41, 5.74) is 0.921. The van der Waals surface area contributed by atoms with Crippen LogP contribution in [0.25, 0.3) is 0 Å². The summed E-state index contributed by atoms with van der Waals surface area (Å²) < 4.78 is 10.1.